The molecule has 0 heterocycles. The number of hydrogen-bond donors (Lipinski definition) is 0. The second kappa shape index (κ2) is 5.96. The van der Waals surface area contributed by atoms with Crippen LogP contribution in [0.5, 0.6) is 11.5 Å². The fraction of sp³-hybridized carbons (Fsp3) is 0.250. The Morgan fingerprint density at radius 1 is 1.00 bits per heavy atom. The second-order valence-electron chi connectivity index (χ2n) is 5.04. The van der Waals surface area contributed by atoms with Gasteiger partial charge >= 0.3 is 10.1 Å². The Balaban J connectivity index is 2.44. The molecule has 0 aliphatic rings. The maximum atomic E-state index is 13.4. The SMILES string of the molecule is COc1cc(S(=O)(=O)Oc2cc(C)cc(C)c2C)ccc1F. The summed E-state index contributed by atoms with van der Waals surface area (Å²) in [4.78, 5) is -0.163. The summed E-state index contributed by atoms with van der Waals surface area (Å²) < 4.78 is 48.1. The maximum Gasteiger partial charge on any atom is 0.339 e. The van der Waals surface area contributed by atoms with Gasteiger partial charge in [0, 0.05) is 6.07 Å². The van der Waals surface area contributed by atoms with Gasteiger partial charge in [-0.2, -0.15) is 8.42 Å². The van der Waals surface area contributed by atoms with Crippen molar-refractivity contribution in [3.8, 4) is 11.5 Å². The van der Waals surface area contributed by atoms with Gasteiger partial charge in [0.2, 0.25) is 0 Å². The van der Waals surface area contributed by atoms with Crippen LogP contribution in [0.25, 0.3) is 0 Å². The number of ether oxygens (including phenoxy) is 1. The number of methoxy groups -OCH3 is 1. The first-order chi connectivity index (χ1) is 10.2. The van der Waals surface area contributed by atoms with E-state index in [1.807, 2.05) is 19.9 Å². The maximum absolute atomic E-state index is 13.4. The van der Waals surface area contributed by atoms with Crippen molar-refractivity contribution < 1.29 is 21.7 Å². The Morgan fingerprint density at radius 3 is 2.32 bits per heavy atom. The molecular formula is C16H17FO4S. The van der Waals surface area contributed by atoms with E-state index in [1.165, 1.54) is 7.11 Å². The Hall–Kier alpha value is -2.08. The second-order valence-corrected chi connectivity index (χ2v) is 6.59. The molecule has 0 saturated carbocycles. The van der Waals surface area contributed by atoms with Crippen LogP contribution >= 0.6 is 0 Å². The van der Waals surface area contributed by atoms with Gasteiger partial charge in [0.05, 0.1) is 7.11 Å². The van der Waals surface area contributed by atoms with Crippen LogP contribution in [0.2, 0.25) is 0 Å². The molecule has 2 rings (SSSR count). The summed E-state index contributed by atoms with van der Waals surface area (Å²) in [5.41, 5.74) is 2.56. The van der Waals surface area contributed by atoms with Crippen LogP contribution in [-0.2, 0) is 10.1 Å². The Labute approximate surface area is 129 Å². The molecule has 0 bridgehead atoms. The van der Waals surface area contributed by atoms with E-state index in [9.17, 15) is 12.8 Å². The third kappa shape index (κ3) is 3.22. The van der Waals surface area contributed by atoms with Gasteiger partial charge in [-0.1, -0.05) is 6.07 Å². The average molecular weight is 324 g/mol. The van der Waals surface area contributed by atoms with Crippen LogP contribution in [0.4, 0.5) is 4.39 Å². The summed E-state index contributed by atoms with van der Waals surface area (Å²) in [6, 6.07) is 6.87. The first-order valence-electron chi connectivity index (χ1n) is 6.60. The topological polar surface area (TPSA) is 52.6 Å². The highest BCUT2D eigenvalue weighted by atomic mass is 32.2. The van der Waals surface area contributed by atoms with Crippen molar-refractivity contribution >= 4 is 10.1 Å². The smallest absolute Gasteiger partial charge is 0.339 e. The zero-order chi connectivity index (χ0) is 16.5. The summed E-state index contributed by atoms with van der Waals surface area (Å²) in [6.45, 7) is 5.51. The van der Waals surface area contributed by atoms with Crippen molar-refractivity contribution in [1.29, 1.82) is 0 Å². The predicted octanol–water partition coefficient (Wildman–Crippen LogP) is 3.53. The predicted molar refractivity (Wildman–Crippen MR) is 81.4 cm³/mol. The summed E-state index contributed by atoms with van der Waals surface area (Å²) in [5.74, 6) is -0.522. The molecule has 0 atom stereocenters. The molecule has 0 saturated heterocycles. The van der Waals surface area contributed by atoms with Crippen LogP contribution in [0.3, 0.4) is 0 Å². The molecule has 0 N–H and O–H groups in total. The lowest BCUT2D eigenvalue weighted by Gasteiger charge is -2.13. The molecule has 0 aromatic heterocycles. The summed E-state index contributed by atoms with van der Waals surface area (Å²) in [6.07, 6.45) is 0. The molecule has 0 unspecified atom stereocenters. The highest BCUT2D eigenvalue weighted by Crippen LogP contribution is 2.28. The first kappa shape index (κ1) is 16.3. The fourth-order valence-corrected chi connectivity index (χ4v) is 3.04. The third-order valence-electron chi connectivity index (χ3n) is 3.37. The van der Waals surface area contributed by atoms with Gasteiger partial charge in [-0.15, -0.1) is 0 Å². The van der Waals surface area contributed by atoms with E-state index < -0.39 is 15.9 Å². The van der Waals surface area contributed by atoms with E-state index in [2.05, 4.69) is 0 Å². The van der Waals surface area contributed by atoms with Crippen molar-refractivity contribution in [1.82, 2.24) is 0 Å². The molecule has 2 aromatic rings. The zero-order valence-corrected chi connectivity index (χ0v) is 13.6. The van der Waals surface area contributed by atoms with Crippen LogP contribution in [0, 0.1) is 26.6 Å². The van der Waals surface area contributed by atoms with E-state index in [0.717, 1.165) is 34.9 Å². The standard InChI is InChI=1S/C16H17FO4S/c1-10-7-11(2)12(3)15(8-10)21-22(18,19)13-5-6-14(17)16(9-13)20-4/h5-9H,1-4H3. The Kier molecular flexibility index (Phi) is 4.42. The summed E-state index contributed by atoms with van der Waals surface area (Å²) in [5, 5.41) is 0. The minimum atomic E-state index is -4.07. The molecule has 0 radical (unpaired) electrons. The van der Waals surface area contributed by atoms with Gasteiger partial charge < -0.3 is 8.92 Å². The van der Waals surface area contributed by atoms with Gasteiger partial charge in [-0.25, -0.2) is 4.39 Å². The van der Waals surface area contributed by atoms with Gasteiger partial charge in [-0.3, -0.25) is 0 Å². The number of benzene rings is 2. The van der Waals surface area contributed by atoms with E-state index in [4.69, 9.17) is 8.92 Å². The summed E-state index contributed by atoms with van der Waals surface area (Å²) >= 11 is 0. The lowest BCUT2D eigenvalue weighted by Crippen LogP contribution is -2.11. The lowest BCUT2D eigenvalue weighted by molar-refractivity contribution is 0.384. The van der Waals surface area contributed by atoms with Gasteiger partial charge in [-0.05, 0) is 55.7 Å². The van der Waals surface area contributed by atoms with E-state index in [0.29, 0.717) is 0 Å². The quantitative estimate of drug-likeness (QED) is 0.807. The molecule has 0 aliphatic carbocycles. The van der Waals surface area contributed by atoms with Crippen LogP contribution in [0.15, 0.2) is 35.2 Å². The molecule has 2 aromatic carbocycles. The minimum absolute atomic E-state index is 0.151. The highest BCUT2D eigenvalue weighted by Gasteiger charge is 2.20. The molecule has 118 valence electrons. The van der Waals surface area contributed by atoms with E-state index >= 15 is 0 Å². The molecule has 0 spiro atoms. The average Bonchev–Trinajstić information content (AvgIpc) is 2.44. The first-order valence-corrected chi connectivity index (χ1v) is 8.01. The Morgan fingerprint density at radius 2 is 1.68 bits per heavy atom. The number of hydrogen-bond acceptors (Lipinski definition) is 4. The molecule has 0 aliphatic heterocycles. The molecule has 0 fully saturated rings. The molecule has 22 heavy (non-hydrogen) atoms. The van der Waals surface area contributed by atoms with Crippen LogP contribution in [0.1, 0.15) is 16.7 Å². The normalized spacial score (nSPS) is 11.3. The van der Waals surface area contributed by atoms with Gasteiger partial charge in [0.15, 0.2) is 11.6 Å². The molecule has 6 heteroatoms. The largest absolute Gasteiger partial charge is 0.494 e. The zero-order valence-electron chi connectivity index (χ0n) is 12.8. The molecular weight excluding hydrogens is 307 g/mol. The highest BCUT2D eigenvalue weighted by molar-refractivity contribution is 7.87. The number of halogens is 1. The van der Waals surface area contributed by atoms with Gasteiger partial charge in [0.1, 0.15) is 10.6 Å². The van der Waals surface area contributed by atoms with Crippen molar-refractivity contribution in [3.63, 3.8) is 0 Å². The summed E-state index contributed by atoms with van der Waals surface area (Å²) in [7, 11) is -2.80. The van der Waals surface area contributed by atoms with E-state index in [1.54, 1.807) is 13.0 Å². The van der Waals surface area contributed by atoms with Crippen LogP contribution in [-0.4, -0.2) is 15.5 Å². The fourth-order valence-electron chi connectivity index (χ4n) is 2.05. The molecule has 4 nitrogen and oxygen atoms in total. The minimum Gasteiger partial charge on any atom is -0.494 e. The van der Waals surface area contributed by atoms with Crippen molar-refractivity contribution in [2.75, 3.05) is 7.11 Å². The van der Waals surface area contributed by atoms with Crippen molar-refractivity contribution in [2.24, 2.45) is 0 Å². The number of aryl methyl sites for hydroxylation is 2. The molecule has 0 amide bonds. The van der Waals surface area contributed by atoms with Crippen molar-refractivity contribution in [2.45, 2.75) is 25.7 Å². The van der Waals surface area contributed by atoms with Crippen molar-refractivity contribution in [3.05, 3.63) is 52.8 Å². The monoisotopic (exact) mass is 324 g/mol. The van der Waals surface area contributed by atoms with Crippen LogP contribution < -0.4 is 8.92 Å². The van der Waals surface area contributed by atoms with E-state index in [-0.39, 0.29) is 16.4 Å². The van der Waals surface area contributed by atoms with Gasteiger partial charge in [0.25, 0.3) is 0 Å². The Bertz CT molecular complexity index is 813. The number of rotatable bonds is 4. The third-order valence-corrected chi connectivity index (χ3v) is 4.61. The lowest BCUT2D eigenvalue weighted by atomic mass is 10.1.